The molecule has 2 aromatic rings. The Bertz CT molecular complexity index is 4050. The minimum Gasteiger partial charge on any atom is -0.481 e. The molecule has 11 N–H and O–H groups in total. The van der Waals surface area contributed by atoms with Crippen molar-refractivity contribution in [3.05, 3.63) is 96.1 Å². The Morgan fingerprint density at radius 2 is 0.782 bits per heavy atom. The molecule has 0 aliphatic carbocycles. The molecule has 0 saturated carbocycles. The molecule has 0 spiro atoms. The first-order chi connectivity index (χ1) is 66.0. The zero-order chi connectivity index (χ0) is 110. The van der Waals surface area contributed by atoms with Crippen LogP contribution in [0, 0.1) is 45.8 Å². The van der Waals surface area contributed by atoms with Gasteiger partial charge in [-0.3, -0.25) is 67.5 Å². The maximum Gasteiger partial charge on any atom is 0.417 e. The van der Waals surface area contributed by atoms with Crippen LogP contribution in [-0.4, -0.2) is 358 Å². The molecular weight excluding hydrogens is 1920 g/mol. The molecule has 10 atom stereocenters. The van der Waals surface area contributed by atoms with E-state index in [4.69, 9.17) is 29.9 Å². The van der Waals surface area contributed by atoms with Crippen LogP contribution >= 0.6 is 58.8 Å². The summed E-state index contributed by atoms with van der Waals surface area (Å²) in [5.41, 5.74) is 0.292. The van der Waals surface area contributed by atoms with Crippen LogP contribution in [0.4, 0.5) is 9.59 Å². The van der Waals surface area contributed by atoms with Crippen LogP contribution in [0.1, 0.15) is 195 Å². The van der Waals surface area contributed by atoms with Crippen molar-refractivity contribution in [3.63, 3.8) is 0 Å². The molecule has 0 bridgehead atoms. The van der Waals surface area contributed by atoms with Gasteiger partial charge in [-0.15, -0.1) is 0 Å². The first kappa shape index (κ1) is 139. The lowest BCUT2D eigenvalue weighted by Crippen LogP contribution is -2.55. The molecule has 2 saturated heterocycles. The van der Waals surface area contributed by atoms with E-state index in [-0.39, 0.29) is 112 Å². The van der Waals surface area contributed by atoms with Gasteiger partial charge in [-0.05, 0) is 131 Å². The number of thioether (sulfide) groups is 5. The van der Waals surface area contributed by atoms with Crippen molar-refractivity contribution >= 4 is 155 Å². The van der Waals surface area contributed by atoms with E-state index in [1.165, 1.54) is 41.2 Å². The monoisotopic (exact) mass is 2100 g/mol. The first-order valence-electron chi connectivity index (χ1n) is 47.9. The molecule has 2 heterocycles. The highest BCUT2D eigenvalue weighted by atomic mass is 32.2. The molecule has 4 rings (SSSR count). The Hall–Kier alpha value is -8.97. The van der Waals surface area contributed by atoms with Crippen molar-refractivity contribution in [1.29, 1.82) is 0 Å². The maximum absolute atomic E-state index is 13.1. The van der Waals surface area contributed by atoms with Crippen LogP contribution in [0.25, 0.3) is 0 Å². The molecule has 0 aromatic heterocycles. The first-order valence-corrected chi connectivity index (χ1v) is 53.7. The van der Waals surface area contributed by atoms with Gasteiger partial charge in [-0.25, -0.2) is 29.2 Å². The number of nitrogens with one attached hydrogen (secondary N) is 6. The van der Waals surface area contributed by atoms with Gasteiger partial charge in [0, 0.05) is 115 Å². The number of hydroxylamine groups is 2. The van der Waals surface area contributed by atoms with Gasteiger partial charge < -0.3 is 81.4 Å². The number of carbonyl (C=O) groups is 16. The number of aliphatic carboxylic acids is 4. The smallest absolute Gasteiger partial charge is 0.417 e. The summed E-state index contributed by atoms with van der Waals surface area (Å²) in [5, 5.41) is 59.8. The highest BCUT2D eigenvalue weighted by molar-refractivity contribution is 8.00. The molecule has 41 heteroatoms. The van der Waals surface area contributed by atoms with Gasteiger partial charge >= 0.3 is 36.1 Å². The van der Waals surface area contributed by atoms with Crippen LogP contribution < -0.4 is 31.9 Å². The normalized spacial score (nSPS) is 15.3. The summed E-state index contributed by atoms with van der Waals surface area (Å²) in [7, 11) is 17.2. The number of hydrogen-bond donors (Lipinski definition) is 11. The largest absolute Gasteiger partial charge is 0.481 e. The Labute approximate surface area is 868 Å². The zero-order valence-corrected chi connectivity index (χ0v) is 94.4. The zero-order valence-electron chi connectivity index (χ0n) is 90.3. The number of cyclic esters (lactones) is 2. The van der Waals surface area contributed by atoms with Crippen molar-refractivity contribution in [3.8, 4) is 0 Å². The maximum atomic E-state index is 13.1. The average molecular weight is 2100 g/mol. The van der Waals surface area contributed by atoms with E-state index in [0.717, 1.165) is 84.2 Å². The lowest BCUT2D eigenvalue weighted by atomic mass is 9.85. The molecular formula is C101H175N13O23S5. The number of carboxylic acid groups (broad SMARTS) is 4. The summed E-state index contributed by atoms with van der Waals surface area (Å²) in [5.74, 6) is 0.497. The van der Waals surface area contributed by atoms with Gasteiger partial charge in [0.05, 0.1) is 48.2 Å². The Morgan fingerprint density at radius 1 is 0.458 bits per heavy atom. The fraction of sp³-hybridized carbons (Fsp3) is 0.683. The van der Waals surface area contributed by atoms with Crippen LogP contribution in [-0.2, 0) is 89.4 Å². The fourth-order valence-electron chi connectivity index (χ4n) is 13.3. The topological polar surface area (TPSA) is 488 Å². The van der Waals surface area contributed by atoms with E-state index < -0.39 is 83.1 Å². The summed E-state index contributed by atoms with van der Waals surface area (Å²) in [6.07, 6.45) is 5.61. The minimum atomic E-state index is -1.31. The van der Waals surface area contributed by atoms with E-state index >= 15 is 0 Å². The second-order valence-corrected chi connectivity index (χ2v) is 45.1. The number of imide groups is 2. The second kappa shape index (κ2) is 74.0. The summed E-state index contributed by atoms with van der Waals surface area (Å²) in [4.78, 5) is 195. The molecule has 142 heavy (non-hydrogen) atoms. The third-order valence-corrected chi connectivity index (χ3v) is 26.5. The standard InChI is InChI=1S/C20H30N2O3.C18H23NO3S.C17H33N3O3.C15H29N3O4S.C15H31N3O2S.C7H15NO2S.C6H10O2S.C3H4O4/c1-5-6-12-16(14-21-4)18(23)22-17(20(2,3)25-19(22)24)13-15-10-8-7-9-11-15;1-5-23-12-13(2)16(20)19-15(18(3,4)22-17(19)21)11-14-9-7-6-8-10-14;1-8-9-10-13(11-20(7)12-21)15(22)18-14(17(2,3)4)16(23)19(5)6;1-7-23-9-11(8-18(22)10-19)13(20)16-12(15(2,3)4)14(21)17(5)6;1-8-21-10-11(9-16-5)13(19)17-12(15(2,3)4)14(20)18(6)7;1-3-11-5-6(4-8-2)7(9)10;1-3-9-4-5(2)6(7)8;4-2(5)1-3(6)7/h7-11,16-17,21H,5-6,12-14H2,1-4H3;6-10,15H,2,5,11-12H2,1,3-4H3;12-14H,8-11H2,1-7H3,(H,18,22);10-12,22H,7-9H2,1-6H3,(H,16,20);11-12,16H,8-10H2,1-7H3,(H,17,19);6,8H,3-5H2,1-2H3,(H,9,10);2-4H2,1H3,(H,7,8);1H2,(H,4,5)(H,6,7)/t16-,17+;15-;13-,14-;2*11-,12+;6-;;/m101000../s1. The highest BCUT2D eigenvalue weighted by Crippen LogP contribution is 2.36. The number of likely N-dealkylation sites (N-methyl/N-ethyl adjacent to an activating group) is 3. The van der Waals surface area contributed by atoms with Gasteiger partial charge in [0.15, 0.2) is 0 Å². The third-order valence-electron chi connectivity index (χ3n) is 21.5. The lowest BCUT2D eigenvalue weighted by molar-refractivity contribution is -0.154. The van der Waals surface area contributed by atoms with Crippen LogP contribution in [0.2, 0.25) is 0 Å². The van der Waals surface area contributed by atoms with E-state index in [0.29, 0.717) is 79.1 Å². The van der Waals surface area contributed by atoms with Crippen molar-refractivity contribution in [1.82, 2.24) is 66.4 Å². The van der Waals surface area contributed by atoms with Crippen LogP contribution in [0.3, 0.4) is 0 Å². The quantitative estimate of drug-likeness (QED) is 0.00963. The Kier molecular flexibility index (Phi) is 72.6. The van der Waals surface area contributed by atoms with Crippen molar-refractivity contribution in [2.24, 2.45) is 45.8 Å². The molecule has 2 aliphatic heterocycles. The van der Waals surface area contributed by atoms with E-state index in [1.54, 1.807) is 103 Å². The third kappa shape index (κ3) is 57.7. The number of unbranched alkanes of at least 4 members (excludes halogenated alkanes) is 2. The molecule has 36 nitrogen and oxygen atoms in total. The minimum absolute atomic E-state index is 0.0552. The van der Waals surface area contributed by atoms with E-state index in [9.17, 15) is 81.9 Å². The van der Waals surface area contributed by atoms with Gasteiger partial charge in [0.1, 0.15) is 35.7 Å². The number of rotatable bonds is 52. The number of hydrogen-bond acceptors (Lipinski definition) is 27. The summed E-state index contributed by atoms with van der Waals surface area (Å²) >= 11 is 8.11. The number of ether oxygens (including phenoxy) is 2. The molecule has 2 aromatic carbocycles. The average Bonchev–Trinajstić information content (AvgIpc) is 1.62. The number of carboxylic acids is 4. The summed E-state index contributed by atoms with van der Waals surface area (Å²) in [6.45, 7) is 48.2. The molecule has 812 valence electrons. The number of carbonyl (C=O) groups excluding carboxylic acids is 12. The lowest BCUT2D eigenvalue weighted by Gasteiger charge is -2.33. The van der Waals surface area contributed by atoms with E-state index in [2.05, 4.69) is 65.8 Å². The highest BCUT2D eigenvalue weighted by Gasteiger charge is 2.53. The Morgan fingerprint density at radius 3 is 1.10 bits per heavy atom. The van der Waals surface area contributed by atoms with Gasteiger partial charge in [-0.1, -0.05) is 210 Å². The Balaban J connectivity index is -0.000000787. The van der Waals surface area contributed by atoms with Gasteiger partial charge in [0.2, 0.25) is 54.2 Å². The molecule has 0 unspecified atom stereocenters. The predicted molar refractivity (Wildman–Crippen MR) is 573 cm³/mol. The van der Waals surface area contributed by atoms with E-state index in [1.807, 2.05) is 192 Å². The van der Waals surface area contributed by atoms with Crippen LogP contribution in [0.5, 0.6) is 0 Å². The number of benzene rings is 2. The molecule has 2 aliphatic rings. The molecule has 2 fully saturated rings. The summed E-state index contributed by atoms with van der Waals surface area (Å²) < 4.78 is 11.0. The number of nitrogens with zero attached hydrogens (tertiary/aromatic N) is 7. The SMILES string of the molecule is C=C(CSCC)C(=O)N1C(=O)OC(C)(C)[C@@H]1Cc1ccccc1.C=C(CSCC)C(=O)O.CCCC[C@H](CN(C)C=O)C(=O)N[C@H](C(=O)N(C)C)C(C)(C)C.CCCC[C@H](CNC)C(=O)N1C(=O)OC(C)(C)[C@@H]1Cc1ccccc1.CCSC[C@H](CN(O)C=O)C(=O)N[C@H](C(=O)N(C)C)C(C)(C)C.CCSC[C@H](CNC)C(=O)N[C@H](C(=O)N(C)C)C(C)(C)C.CCSC[C@H](CNC)C(=O)O.O=C(O)CC(=O)O. The molecule has 12 amide bonds. The van der Waals surface area contributed by atoms with Crippen molar-refractivity contribution in [2.75, 3.05) is 161 Å². The van der Waals surface area contributed by atoms with Gasteiger partial charge in [-0.2, -0.15) is 58.8 Å². The van der Waals surface area contributed by atoms with Crippen molar-refractivity contribution < 1.29 is 112 Å². The number of amides is 12. The van der Waals surface area contributed by atoms with Gasteiger partial charge in [0.25, 0.3) is 5.91 Å². The van der Waals surface area contributed by atoms with Crippen molar-refractivity contribution in [2.45, 2.75) is 238 Å². The molecule has 0 radical (unpaired) electrons. The second-order valence-electron chi connectivity index (χ2n) is 38.6. The fourth-order valence-corrected chi connectivity index (χ4v) is 16.8. The van der Waals surface area contributed by atoms with Crippen LogP contribution in [0.15, 0.2) is 85.0 Å². The summed E-state index contributed by atoms with van der Waals surface area (Å²) in [6, 6.07) is 17.3. The predicted octanol–water partition coefficient (Wildman–Crippen LogP) is 12.1.